The van der Waals surface area contributed by atoms with Gasteiger partial charge in [0.15, 0.2) is 11.5 Å². The third kappa shape index (κ3) is 3.64. The number of hydrogen-bond acceptors (Lipinski definition) is 3. The molecule has 0 unspecified atom stereocenters. The third-order valence-corrected chi connectivity index (χ3v) is 4.55. The van der Waals surface area contributed by atoms with Gasteiger partial charge >= 0.3 is 0 Å². The molecule has 0 amide bonds. The van der Waals surface area contributed by atoms with E-state index in [1.54, 1.807) is 14.2 Å². The van der Waals surface area contributed by atoms with Crippen LogP contribution in [-0.4, -0.2) is 27.3 Å². The van der Waals surface area contributed by atoms with Gasteiger partial charge in [0.2, 0.25) is 0 Å². The van der Waals surface area contributed by atoms with Crippen LogP contribution in [0.1, 0.15) is 43.7 Å². The molecule has 1 aromatic carbocycles. The summed E-state index contributed by atoms with van der Waals surface area (Å²) in [5.74, 6) is 2.54. The molecule has 1 aliphatic rings. The smallest absolute Gasteiger partial charge is 0.179 e. The van der Waals surface area contributed by atoms with Gasteiger partial charge < -0.3 is 14.8 Å². The highest BCUT2D eigenvalue weighted by Crippen LogP contribution is 2.44. The van der Waals surface area contributed by atoms with Crippen LogP contribution in [0, 0.1) is 5.92 Å². The lowest BCUT2D eigenvalue weighted by molar-refractivity contribution is 0.346. The van der Waals surface area contributed by atoms with E-state index in [-0.39, 0.29) is 0 Å². The normalized spacial score (nSPS) is 16.3. The van der Waals surface area contributed by atoms with Gasteiger partial charge in [-0.25, -0.2) is 0 Å². The molecule has 1 saturated heterocycles. The van der Waals surface area contributed by atoms with Crippen molar-refractivity contribution in [2.24, 2.45) is 5.92 Å². The van der Waals surface area contributed by atoms with Gasteiger partial charge in [0.1, 0.15) is 0 Å². The molecule has 0 radical (unpaired) electrons. The predicted molar refractivity (Wildman–Crippen MR) is 87.9 cm³/mol. The van der Waals surface area contributed by atoms with Crippen LogP contribution in [0.4, 0.5) is 0 Å². The molecule has 0 aromatic heterocycles. The minimum atomic E-state index is 0.378. The van der Waals surface area contributed by atoms with Crippen molar-refractivity contribution in [1.82, 2.24) is 5.32 Å². The Bertz CT molecular complexity index is 482. The minimum absolute atomic E-state index is 0.378. The first-order valence-corrected chi connectivity index (χ1v) is 8.10. The second-order valence-electron chi connectivity index (χ2n) is 6.05. The molecule has 1 fully saturated rings. The van der Waals surface area contributed by atoms with Gasteiger partial charge in [-0.05, 0) is 55.8 Å². The van der Waals surface area contributed by atoms with E-state index in [4.69, 9.17) is 21.1 Å². The van der Waals surface area contributed by atoms with E-state index in [1.807, 2.05) is 0 Å². The van der Waals surface area contributed by atoms with E-state index in [2.05, 4.69) is 25.2 Å². The Morgan fingerprint density at radius 3 is 2.33 bits per heavy atom. The predicted octanol–water partition coefficient (Wildman–Crippen LogP) is 4.02. The number of nitrogens with one attached hydrogen (secondary N) is 1. The maximum Gasteiger partial charge on any atom is 0.179 e. The molecule has 1 N–H and O–H groups in total. The van der Waals surface area contributed by atoms with E-state index in [9.17, 15) is 0 Å². The maximum atomic E-state index is 6.39. The van der Waals surface area contributed by atoms with Crippen LogP contribution >= 0.6 is 11.6 Å². The maximum absolute atomic E-state index is 6.39. The quantitative estimate of drug-likeness (QED) is 0.891. The van der Waals surface area contributed by atoms with Crippen molar-refractivity contribution < 1.29 is 9.47 Å². The van der Waals surface area contributed by atoms with Crippen molar-refractivity contribution in [2.75, 3.05) is 27.3 Å². The molecule has 1 heterocycles. The zero-order valence-corrected chi connectivity index (χ0v) is 14.2. The van der Waals surface area contributed by atoms with Crippen molar-refractivity contribution >= 4 is 11.6 Å². The van der Waals surface area contributed by atoms with Gasteiger partial charge in [-0.3, -0.25) is 0 Å². The highest BCUT2D eigenvalue weighted by atomic mass is 35.5. The van der Waals surface area contributed by atoms with Crippen molar-refractivity contribution in [1.29, 1.82) is 0 Å². The van der Waals surface area contributed by atoms with Crippen LogP contribution < -0.4 is 14.8 Å². The Kier molecular flexibility index (Phi) is 5.77. The Hall–Kier alpha value is -0.930. The van der Waals surface area contributed by atoms with Gasteiger partial charge in [-0.15, -0.1) is 0 Å². The fourth-order valence-electron chi connectivity index (χ4n) is 3.26. The standard InChI is InChI=1S/C17H26ClNO2/c1-11(2)15-13(9-12-5-7-19-8-6-12)10-14(18)16(20-3)17(15)21-4/h10-12,19H,5-9H2,1-4H3. The molecular weight excluding hydrogens is 286 g/mol. The molecule has 2 rings (SSSR count). The molecule has 3 nitrogen and oxygen atoms in total. The average Bonchev–Trinajstić information content (AvgIpc) is 2.47. The van der Waals surface area contributed by atoms with Crippen molar-refractivity contribution in [2.45, 2.75) is 39.0 Å². The lowest BCUT2D eigenvalue weighted by Crippen LogP contribution is -2.28. The Labute approximate surface area is 133 Å². The van der Waals surface area contributed by atoms with Crippen LogP contribution in [-0.2, 0) is 6.42 Å². The summed E-state index contributed by atoms with van der Waals surface area (Å²) in [6.45, 7) is 6.61. The first kappa shape index (κ1) is 16.4. The second kappa shape index (κ2) is 7.37. The monoisotopic (exact) mass is 311 g/mol. The van der Waals surface area contributed by atoms with Gasteiger partial charge in [0, 0.05) is 5.56 Å². The Morgan fingerprint density at radius 2 is 1.81 bits per heavy atom. The van der Waals surface area contributed by atoms with E-state index < -0.39 is 0 Å². The molecule has 0 saturated carbocycles. The highest BCUT2D eigenvalue weighted by molar-refractivity contribution is 6.32. The number of ether oxygens (including phenoxy) is 2. The van der Waals surface area contributed by atoms with Crippen LogP contribution in [0.5, 0.6) is 11.5 Å². The second-order valence-corrected chi connectivity index (χ2v) is 6.46. The third-order valence-electron chi connectivity index (χ3n) is 4.27. The molecule has 0 aliphatic carbocycles. The zero-order chi connectivity index (χ0) is 15.4. The summed E-state index contributed by atoms with van der Waals surface area (Å²) in [6.07, 6.45) is 3.52. The summed E-state index contributed by atoms with van der Waals surface area (Å²) >= 11 is 6.39. The van der Waals surface area contributed by atoms with Gasteiger partial charge in [-0.2, -0.15) is 0 Å². The molecule has 21 heavy (non-hydrogen) atoms. The summed E-state index contributed by atoms with van der Waals surface area (Å²) in [7, 11) is 3.33. The number of halogens is 1. The Balaban J connectivity index is 2.40. The van der Waals surface area contributed by atoms with Gasteiger partial charge in [0.25, 0.3) is 0 Å². The molecule has 118 valence electrons. The molecule has 0 bridgehead atoms. The van der Waals surface area contributed by atoms with E-state index >= 15 is 0 Å². The van der Waals surface area contributed by atoms with E-state index in [1.165, 1.54) is 24.0 Å². The first-order valence-electron chi connectivity index (χ1n) is 7.72. The van der Waals surface area contributed by atoms with Crippen LogP contribution in [0.3, 0.4) is 0 Å². The lowest BCUT2D eigenvalue weighted by atomic mass is 9.86. The van der Waals surface area contributed by atoms with Gasteiger partial charge in [-0.1, -0.05) is 25.4 Å². The largest absolute Gasteiger partial charge is 0.492 e. The molecule has 0 spiro atoms. The van der Waals surface area contributed by atoms with Crippen LogP contribution in [0.25, 0.3) is 0 Å². The van der Waals surface area contributed by atoms with Crippen molar-refractivity contribution in [3.63, 3.8) is 0 Å². The summed E-state index contributed by atoms with van der Waals surface area (Å²) in [4.78, 5) is 0. The summed E-state index contributed by atoms with van der Waals surface area (Å²) in [6, 6.07) is 2.07. The molecule has 0 atom stereocenters. The van der Waals surface area contributed by atoms with E-state index in [0.717, 1.165) is 31.2 Å². The topological polar surface area (TPSA) is 30.5 Å². The lowest BCUT2D eigenvalue weighted by Gasteiger charge is -2.26. The zero-order valence-electron chi connectivity index (χ0n) is 13.5. The molecule has 4 heteroatoms. The summed E-state index contributed by atoms with van der Waals surface area (Å²) < 4.78 is 11.1. The minimum Gasteiger partial charge on any atom is -0.492 e. The fraction of sp³-hybridized carbons (Fsp3) is 0.647. The van der Waals surface area contributed by atoms with Crippen LogP contribution in [0.2, 0.25) is 5.02 Å². The SMILES string of the molecule is COc1c(Cl)cc(CC2CCNCC2)c(C(C)C)c1OC. The van der Waals surface area contributed by atoms with Crippen molar-refractivity contribution in [3.05, 3.63) is 22.2 Å². The molecule has 1 aromatic rings. The Morgan fingerprint density at radius 1 is 1.19 bits per heavy atom. The first-order chi connectivity index (χ1) is 10.1. The summed E-state index contributed by atoms with van der Waals surface area (Å²) in [5.41, 5.74) is 2.54. The fourth-order valence-corrected chi connectivity index (χ4v) is 3.56. The van der Waals surface area contributed by atoms with E-state index in [0.29, 0.717) is 16.7 Å². The number of piperidine rings is 1. The average molecular weight is 312 g/mol. The van der Waals surface area contributed by atoms with Gasteiger partial charge in [0.05, 0.1) is 19.2 Å². The number of hydrogen-bond donors (Lipinski definition) is 1. The number of rotatable bonds is 5. The van der Waals surface area contributed by atoms with Crippen LogP contribution in [0.15, 0.2) is 6.07 Å². The number of methoxy groups -OCH3 is 2. The molecule has 1 aliphatic heterocycles. The number of benzene rings is 1. The van der Waals surface area contributed by atoms with Crippen molar-refractivity contribution in [3.8, 4) is 11.5 Å². The summed E-state index contributed by atoms with van der Waals surface area (Å²) in [5, 5.41) is 4.06. The highest BCUT2D eigenvalue weighted by Gasteiger charge is 2.23. The molecular formula is C17H26ClNO2.